The van der Waals surface area contributed by atoms with Gasteiger partial charge in [0.25, 0.3) is 0 Å². The highest BCUT2D eigenvalue weighted by molar-refractivity contribution is 5.95. The van der Waals surface area contributed by atoms with Gasteiger partial charge in [0, 0.05) is 34.9 Å². The van der Waals surface area contributed by atoms with E-state index in [4.69, 9.17) is 4.98 Å². The predicted octanol–water partition coefficient (Wildman–Crippen LogP) is 4.68. The van der Waals surface area contributed by atoms with Gasteiger partial charge in [0.05, 0.1) is 5.69 Å². The van der Waals surface area contributed by atoms with Crippen molar-refractivity contribution in [2.24, 2.45) is 0 Å². The van der Waals surface area contributed by atoms with Gasteiger partial charge in [-0.15, -0.1) is 0 Å². The van der Waals surface area contributed by atoms with E-state index in [-0.39, 0.29) is 0 Å². The van der Waals surface area contributed by atoms with Crippen molar-refractivity contribution in [1.82, 2.24) is 15.0 Å². The Labute approximate surface area is 136 Å². The van der Waals surface area contributed by atoms with Crippen molar-refractivity contribution >= 4 is 16.9 Å². The van der Waals surface area contributed by atoms with E-state index in [2.05, 4.69) is 40.4 Å². The molecule has 0 aliphatic heterocycles. The maximum Gasteiger partial charge on any atom is 0.223 e. The molecule has 2 N–H and O–H groups in total. The van der Waals surface area contributed by atoms with E-state index in [9.17, 15) is 0 Å². The van der Waals surface area contributed by atoms with Gasteiger partial charge in [-0.2, -0.15) is 0 Å². The Bertz CT molecular complexity index is 815. The summed E-state index contributed by atoms with van der Waals surface area (Å²) in [5.41, 5.74) is 4.40. The Kier molecular flexibility index (Phi) is 3.74. The molecule has 1 saturated carbocycles. The molecule has 2 heterocycles. The summed E-state index contributed by atoms with van der Waals surface area (Å²) < 4.78 is 0. The highest BCUT2D eigenvalue weighted by atomic mass is 15.1. The molecule has 0 amide bonds. The summed E-state index contributed by atoms with van der Waals surface area (Å²) in [5.74, 6) is 0.753. The third-order valence-corrected chi connectivity index (χ3v) is 4.75. The largest absolute Gasteiger partial charge is 0.360 e. The van der Waals surface area contributed by atoms with Crippen LogP contribution in [0.15, 0.2) is 36.7 Å². The lowest BCUT2D eigenvalue weighted by atomic mass is 9.96. The fourth-order valence-corrected chi connectivity index (χ4v) is 3.48. The summed E-state index contributed by atoms with van der Waals surface area (Å²) in [6, 6.07) is 8.86. The van der Waals surface area contributed by atoms with Crippen molar-refractivity contribution in [3.05, 3.63) is 42.2 Å². The van der Waals surface area contributed by atoms with Crippen molar-refractivity contribution in [3.8, 4) is 11.3 Å². The quantitative estimate of drug-likeness (QED) is 0.739. The van der Waals surface area contributed by atoms with Crippen molar-refractivity contribution in [1.29, 1.82) is 0 Å². The van der Waals surface area contributed by atoms with Gasteiger partial charge in [0.1, 0.15) is 0 Å². The van der Waals surface area contributed by atoms with Crippen LogP contribution in [0.3, 0.4) is 0 Å². The van der Waals surface area contributed by atoms with Crippen LogP contribution in [-0.2, 0) is 0 Å². The summed E-state index contributed by atoms with van der Waals surface area (Å²) in [6.45, 7) is 2.07. The van der Waals surface area contributed by atoms with E-state index in [0.29, 0.717) is 6.04 Å². The third kappa shape index (κ3) is 2.81. The van der Waals surface area contributed by atoms with E-state index >= 15 is 0 Å². The maximum absolute atomic E-state index is 4.82. The number of anilines is 1. The number of rotatable bonds is 3. The van der Waals surface area contributed by atoms with Crippen molar-refractivity contribution in [2.45, 2.75) is 45.1 Å². The topological polar surface area (TPSA) is 53.6 Å². The summed E-state index contributed by atoms with van der Waals surface area (Å²) in [5, 5.41) is 4.73. The highest BCUT2D eigenvalue weighted by Gasteiger charge is 2.16. The fourth-order valence-electron chi connectivity index (χ4n) is 3.48. The van der Waals surface area contributed by atoms with Gasteiger partial charge in [0.2, 0.25) is 5.95 Å². The number of aromatic amines is 1. The molecule has 1 aromatic carbocycles. The number of aryl methyl sites for hydroxylation is 1. The van der Waals surface area contributed by atoms with Crippen LogP contribution < -0.4 is 5.32 Å². The predicted molar refractivity (Wildman–Crippen MR) is 94.6 cm³/mol. The minimum Gasteiger partial charge on any atom is -0.360 e. The lowest BCUT2D eigenvalue weighted by Crippen LogP contribution is -2.23. The number of fused-ring (bicyclic) bond motifs is 1. The van der Waals surface area contributed by atoms with Gasteiger partial charge < -0.3 is 10.3 Å². The number of aromatic nitrogens is 3. The van der Waals surface area contributed by atoms with Crippen LogP contribution in [0.4, 0.5) is 5.95 Å². The summed E-state index contributed by atoms with van der Waals surface area (Å²) >= 11 is 0. The zero-order chi connectivity index (χ0) is 15.6. The number of hydrogen-bond acceptors (Lipinski definition) is 3. The average molecular weight is 306 g/mol. The number of nitrogens with one attached hydrogen (secondary N) is 2. The second-order valence-electron chi connectivity index (χ2n) is 6.45. The van der Waals surface area contributed by atoms with E-state index in [1.54, 1.807) is 0 Å². The lowest BCUT2D eigenvalue weighted by Gasteiger charge is -2.23. The number of para-hydroxylation sites is 1. The van der Waals surface area contributed by atoms with Crippen molar-refractivity contribution in [2.75, 3.05) is 5.32 Å². The van der Waals surface area contributed by atoms with Gasteiger partial charge in [-0.25, -0.2) is 9.97 Å². The molecule has 0 saturated heterocycles. The smallest absolute Gasteiger partial charge is 0.223 e. The first-order valence-electron chi connectivity index (χ1n) is 8.48. The zero-order valence-corrected chi connectivity index (χ0v) is 13.5. The second kappa shape index (κ2) is 6.03. The first kappa shape index (κ1) is 14.2. The molecule has 118 valence electrons. The van der Waals surface area contributed by atoms with Gasteiger partial charge in [-0.3, -0.25) is 0 Å². The molecule has 23 heavy (non-hydrogen) atoms. The van der Waals surface area contributed by atoms with Crippen LogP contribution in [0, 0.1) is 6.92 Å². The zero-order valence-electron chi connectivity index (χ0n) is 13.5. The normalized spacial score (nSPS) is 15.9. The Morgan fingerprint density at radius 1 is 1.13 bits per heavy atom. The number of hydrogen-bond donors (Lipinski definition) is 2. The van der Waals surface area contributed by atoms with E-state index in [1.165, 1.54) is 37.5 Å². The summed E-state index contributed by atoms with van der Waals surface area (Å²) in [4.78, 5) is 12.6. The Balaban J connectivity index is 1.69. The molecular formula is C19H22N4. The van der Waals surface area contributed by atoms with Gasteiger partial charge in [-0.05, 0) is 31.4 Å². The molecule has 0 radical (unpaired) electrons. The van der Waals surface area contributed by atoms with Crippen LogP contribution in [-0.4, -0.2) is 21.0 Å². The lowest BCUT2D eigenvalue weighted by molar-refractivity contribution is 0.461. The Morgan fingerprint density at radius 3 is 2.83 bits per heavy atom. The molecule has 1 aliphatic carbocycles. The SMILES string of the molecule is Cc1cnc(NC2CCCCC2)nc1-c1c[nH]c2ccccc12. The van der Waals surface area contributed by atoms with E-state index in [1.807, 2.05) is 18.5 Å². The number of nitrogens with zero attached hydrogens (tertiary/aromatic N) is 2. The minimum atomic E-state index is 0.516. The molecule has 4 heteroatoms. The van der Waals surface area contributed by atoms with Crippen LogP contribution in [0.1, 0.15) is 37.7 Å². The van der Waals surface area contributed by atoms with Gasteiger partial charge in [0.15, 0.2) is 0 Å². The Morgan fingerprint density at radius 2 is 1.96 bits per heavy atom. The minimum absolute atomic E-state index is 0.516. The first-order valence-corrected chi connectivity index (χ1v) is 8.48. The van der Waals surface area contributed by atoms with Gasteiger partial charge in [-0.1, -0.05) is 37.5 Å². The van der Waals surface area contributed by atoms with Crippen LogP contribution in [0.2, 0.25) is 0 Å². The second-order valence-corrected chi connectivity index (χ2v) is 6.45. The Hall–Kier alpha value is -2.36. The molecule has 4 rings (SSSR count). The summed E-state index contributed by atoms with van der Waals surface area (Å²) in [6.07, 6.45) is 10.4. The fraction of sp³-hybridized carbons (Fsp3) is 0.368. The van der Waals surface area contributed by atoms with E-state index < -0.39 is 0 Å². The van der Waals surface area contributed by atoms with E-state index in [0.717, 1.165) is 28.3 Å². The molecule has 1 fully saturated rings. The third-order valence-electron chi connectivity index (χ3n) is 4.75. The molecule has 4 nitrogen and oxygen atoms in total. The molecule has 0 bridgehead atoms. The molecule has 1 aliphatic rings. The average Bonchev–Trinajstić information content (AvgIpc) is 3.01. The standard InChI is InChI=1S/C19H22N4/c1-13-11-21-19(22-14-7-3-2-4-8-14)23-18(13)16-12-20-17-10-6-5-9-15(16)17/h5-6,9-12,14,20H,2-4,7-8H2,1H3,(H,21,22,23). The molecule has 3 aromatic rings. The number of H-pyrrole nitrogens is 1. The van der Waals surface area contributed by atoms with Gasteiger partial charge >= 0.3 is 0 Å². The monoisotopic (exact) mass is 306 g/mol. The number of benzene rings is 1. The van der Waals surface area contributed by atoms with Crippen LogP contribution >= 0.6 is 0 Å². The maximum atomic E-state index is 4.82. The molecule has 0 atom stereocenters. The van der Waals surface area contributed by atoms with Crippen molar-refractivity contribution < 1.29 is 0 Å². The van der Waals surface area contributed by atoms with Crippen LogP contribution in [0.25, 0.3) is 22.2 Å². The van der Waals surface area contributed by atoms with Crippen LogP contribution in [0.5, 0.6) is 0 Å². The molecule has 0 spiro atoms. The van der Waals surface area contributed by atoms with Crippen molar-refractivity contribution in [3.63, 3.8) is 0 Å². The summed E-state index contributed by atoms with van der Waals surface area (Å²) in [7, 11) is 0. The highest BCUT2D eigenvalue weighted by Crippen LogP contribution is 2.30. The first-order chi connectivity index (χ1) is 11.3. The molecule has 2 aromatic heterocycles. The molecule has 0 unspecified atom stereocenters. The molecular weight excluding hydrogens is 284 g/mol.